The molecule has 0 saturated carbocycles. The van der Waals surface area contributed by atoms with Gasteiger partial charge in [-0.25, -0.2) is 4.79 Å². The van der Waals surface area contributed by atoms with Gasteiger partial charge in [0, 0.05) is 12.2 Å². The Bertz CT molecular complexity index is 570. The van der Waals surface area contributed by atoms with Crippen LogP contribution in [0.3, 0.4) is 0 Å². The second-order valence-corrected chi connectivity index (χ2v) is 4.74. The number of thioether (sulfide) groups is 1. The minimum absolute atomic E-state index is 0.141. The summed E-state index contributed by atoms with van der Waals surface area (Å²) in [5, 5.41) is 0.347. The van der Waals surface area contributed by atoms with E-state index in [1.165, 1.54) is 23.8 Å². The second kappa shape index (κ2) is 7.09. The van der Waals surface area contributed by atoms with Gasteiger partial charge in [0.1, 0.15) is 11.6 Å². The van der Waals surface area contributed by atoms with E-state index in [4.69, 9.17) is 0 Å². The number of nitrogens with one attached hydrogen (secondary N) is 1. The molecule has 1 amide bonds. The summed E-state index contributed by atoms with van der Waals surface area (Å²) < 4.78 is 4.56. The van der Waals surface area contributed by atoms with Gasteiger partial charge in [0.25, 0.3) is 5.91 Å². The largest absolute Gasteiger partial charge is 0.468 e. The number of esters is 1. The molecular weight excluding hydrogens is 282 g/mol. The molecule has 0 saturated heterocycles. The van der Waals surface area contributed by atoms with E-state index in [9.17, 15) is 14.4 Å². The van der Waals surface area contributed by atoms with Crippen molar-refractivity contribution in [2.45, 2.75) is 18.9 Å². The van der Waals surface area contributed by atoms with Gasteiger partial charge in [0.2, 0.25) is 0 Å². The Morgan fingerprint density at radius 2 is 2.10 bits per heavy atom. The van der Waals surface area contributed by atoms with E-state index in [1.807, 2.05) is 0 Å². The lowest BCUT2D eigenvalue weighted by Gasteiger charge is -2.21. The van der Waals surface area contributed by atoms with Crippen LogP contribution in [0.4, 0.5) is 0 Å². The van der Waals surface area contributed by atoms with Gasteiger partial charge in [0.15, 0.2) is 0 Å². The number of rotatable bonds is 5. The van der Waals surface area contributed by atoms with Gasteiger partial charge in [-0.15, -0.1) is 11.8 Å². The van der Waals surface area contributed by atoms with Gasteiger partial charge in [-0.3, -0.25) is 9.59 Å². The van der Waals surface area contributed by atoms with Crippen molar-refractivity contribution in [3.8, 4) is 0 Å². The Hall–Kier alpha value is -1.83. The Labute approximate surface area is 120 Å². The maximum absolute atomic E-state index is 12.5. The molecule has 0 spiro atoms. The minimum Gasteiger partial charge on any atom is -0.468 e. The number of amides is 1. The first-order chi connectivity index (χ1) is 9.44. The van der Waals surface area contributed by atoms with Crippen LogP contribution in [0.15, 0.2) is 9.82 Å². The zero-order valence-electron chi connectivity index (χ0n) is 11.8. The summed E-state index contributed by atoms with van der Waals surface area (Å²) in [5.41, 5.74) is 0.241. The highest BCUT2D eigenvalue weighted by molar-refractivity contribution is 7.98. The van der Waals surface area contributed by atoms with E-state index < -0.39 is 11.7 Å². The maximum atomic E-state index is 12.5. The number of hydrogen-bond acceptors (Lipinski definition) is 6. The predicted octanol–water partition coefficient (Wildman–Crippen LogP) is 0.435. The SMILES string of the molecule is CCN(CC(=O)OC)C(=O)c1c(SC)nc(=O)[nH]c1C. The van der Waals surface area contributed by atoms with Gasteiger partial charge < -0.3 is 14.6 Å². The monoisotopic (exact) mass is 299 g/mol. The van der Waals surface area contributed by atoms with Crippen LogP contribution in [0.2, 0.25) is 0 Å². The van der Waals surface area contributed by atoms with Gasteiger partial charge in [-0.1, -0.05) is 0 Å². The molecular formula is C12H17N3O4S. The van der Waals surface area contributed by atoms with Crippen LogP contribution in [-0.4, -0.2) is 53.2 Å². The molecule has 0 bridgehead atoms. The number of aromatic amines is 1. The number of ether oxygens (including phenoxy) is 1. The van der Waals surface area contributed by atoms with Crippen LogP contribution >= 0.6 is 11.8 Å². The minimum atomic E-state index is -0.501. The summed E-state index contributed by atoms with van der Waals surface area (Å²) in [6.45, 7) is 3.59. The molecule has 1 rings (SSSR count). The third-order valence-corrected chi connectivity index (χ3v) is 3.39. The number of carbonyl (C=O) groups excluding carboxylic acids is 2. The van der Waals surface area contributed by atoms with Gasteiger partial charge in [0.05, 0.1) is 12.7 Å². The zero-order chi connectivity index (χ0) is 15.3. The fourth-order valence-electron chi connectivity index (χ4n) is 1.66. The van der Waals surface area contributed by atoms with Crippen molar-refractivity contribution < 1.29 is 14.3 Å². The third-order valence-electron chi connectivity index (χ3n) is 2.71. The first-order valence-corrected chi connectivity index (χ1v) is 7.18. The molecule has 0 fully saturated rings. The average molecular weight is 299 g/mol. The summed E-state index contributed by atoms with van der Waals surface area (Å²) >= 11 is 1.21. The van der Waals surface area contributed by atoms with E-state index in [-0.39, 0.29) is 12.5 Å². The van der Waals surface area contributed by atoms with E-state index in [2.05, 4.69) is 14.7 Å². The predicted molar refractivity (Wildman–Crippen MR) is 75.0 cm³/mol. The zero-order valence-corrected chi connectivity index (χ0v) is 12.7. The van der Waals surface area contributed by atoms with Crippen molar-refractivity contribution in [2.24, 2.45) is 0 Å². The van der Waals surface area contributed by atoms with Crippen LogP contribution in [0.5, 0.6) is 0 Å². The fourth-order valence-corrected chi connectivity index (χ4v) is 2.28. The molecule has 110 valence electrons. The number of likely N-dealkylation sites (N-methyl/N-ethyl adjacent to an activating group) is 1. The molecule has 8 heteroatoms. The highest BCUT2D eigenvalue weighted by Crippen LogP contribution is 2.19. The third kappa shape index (κ3) is 3.60. The standard InChI is InChI=1S/C12H17N3O4S/c1-5-15(6-8(16)19-3)11(17)9-7(2)13-12(18)14-10(9)20-4/h5-6H2,1-4H3,(H,13,14,18). The van der Waals surface area contributed by atoms with Crippen molar-refractivity contribution >= 4 is 23.6 Å². The van der Waals surface area contributed by atoms with E-state index in [0.717, 1.165) is 0 Å². The van der Waals surface area contributed by atoms with E-state index >= 15 is 0 Å². The molecule has 0 aliphatic rings. The molecule has 0 radical (unpaired) electrons. The molecule has 1 heterocycles. The first-order valence-electron chi connectivity index (χ1n) is 5.95. The summed E-state index contributed by atoms with van der Waals surface area (Å²) in [7, 11) is 1.26. The Kier molecular flexibility index (Phi) is 5.75. The van der Waals surface area contributed by atoms with Crippen molar-refractivity contribution in [3.05, 3.63) is 21.7 Å². The number of methoxy groups -OCH3 is 1. The van der Waals surface area contributed by atoms with Crippen molar-refractivity contribution in [3.63, 3.8) is 0 Å². The molecule has 1 N–H and O–H groups in total. The smallest absolute Gasteiger partial charge is 0.346 e. The summed E-state index contributed by atoms with van der Waals surface area (Å²) in [5.74, 6) is -0.857. The number of aromatic nitrogens is 2. The highest BCUT2D eigenvalue weighted by atomic mass is 32.2. The fraction of sp³-hybridized carbons (Fsp3) is 0.500. The van der Waals surface area contributed by atoms with E-state index in [0.29, 0.717) is 22.8 Å². The lowest BCUT2D eigenvalue weighted by Crippen LogP contribution is -2.37. The van der Waals surface area contributed by atoms with Crippen LogP contribution in [0, 0.1) is 6.92 Å². The molecule has 0 unspecified atom stereocenters. The number of nitrogens with zero attached hydrogens (tertiary/aromatic N) is 2. The van der Waals surface area contributed by atoms with Gasteiger partial charge >= 0.3 is 11.7 Å². The highest BCUT2D eigenvalue weighted by Gasteiger charge is 2.23. The molecule has 7 nitrogen and oxygen atoms in total. The van der Waals surface area contributed by atoms with Crippen molar-refractivity contribution in [1.29, 1.82) is 0 Å². The summed E-state index contributed by atoms with van der Waals surface area (Å²) in [6.07, 6.45) is 1.73. The molecule has 0 aliphatic heterocycles. The van der Waals surface area contributed by atoms with Crippen molar-refractivity contribution in [1.82, 2.24) is 14.9 Å². The van der Waals surface area contributed by atoms with Gasteiger partial charge in [-0.2, -0.15) is 4.98 Å². The van der Waals surface area contributed by atoms with Crippen LogP contribution < -0.4 is 5.69 Å². The average Bonchev–Trinajstić information content (AvgIpc) is 2.42. The number of hydrogen-bond donors (Lipinski definition) is 1. The number of H-pyrrole nitrogens is 1. The molecule has 1 aromatic rings. The topological polar surface area (TPSA) is 92.4 Å². The normalized spacial score (nSPS) is 10.2. The molecule has 0 aliphatic carbocycles. The summed E-state index contributed by atoms with van der Waals surface area (Å²) in [4.78, 5) is 42.7. The van der Waals surface area contributed by atoms with Crippen LogP contribution in [-0.2, 0) is 9.53 Å². The lowest BCUT2D eigenvalue weighted by atomic mass is 10.2. The van der Waals surface area contributed by atoms with Gasteiger partial charge in [-0.05, 0) is 20.1 Å². The van der Waals surface area contributed by atoms with E-state index in [1.54, 1.807) is 20.1 Å². The second-order valence-electron chi connectivity index (χ2n) is 3.95. The molecule has 0 atom stereocenters. The Balaban J connectivity index is 3.18. The number of carbonyl (C=O) groups is 2. The van der Waals surface area contributed by atoms with Crippen LogP contribution in [0.1, 0.15) is 23.0 Å². The molecule has 1 aromatic heterocycles. The Morgan fingerprint density at radius 3 is 2.60 bits per heavy atom. The lowest BCUT2D eigenvalue weighted by molar-refractivity contribution is -0.141. The Morgan fingerprint density at radius 1 is 1.45 bits per heavy atom. The summed E-state index contributed by atoms with van der Waals surface area (Å²) in [6, 6.07) is 0. The molecule has 0 aromatic carbocycles. The number of aryl methyl sites for hydroxylation is 1. The van der Waals surface area contributed by atoms with Crippen LogP contribution in [0.25, 0.3) is 0 Å². The first kappa shape index (κ1) is 16.2. The maximum Gasteiger partial charge on any atom is 0.346 e. The molecule has 20 heavy (non-hydrogen) atoms. The van der Waals surface area contributed by atoms with Crippen molar-refractivity contribution in [2.75, 3.05) is 26.5 Å². The quantitative estimate of drug-likeness (QED) is 0.482.